The summed E-state index contributed by atoms with van der Waals surface area (Å²) in [4.78, 5) is 6.57. The first-order chi connectivity index (χ1) is 8.72. The number of nitrogen functional groups attached to an aromatic ring is 1. The number of aromatic nitrogens is 1. The molecular formula is C14H14BrN3. The van der Waals surface area contributed by atoms with Crippen molar-refractivity contribution in [3.05, 3.63) is 57.8 Å². The van der Waals surface area contributed by atoms with Crippen LogP contribution in [0.3, 0.4) is 0 Å². The van der Waals surface area contributed by atoms with E-state index in [1.807, 2.05) is 18.3 Å². The quantitative estimate of drug-likeness (QED) is 0.867. The summed E-state index contributed by atoms with van der Waals surface area (Å²) in [7, 11) is 0. The Bertz CT molecular complexity index is 583. The molecule has 0 saturated heterocycles. The number of hydrogen-bond donors (Lipinski definition) is 1. The minimum Gasteiger partial charge on any atom is -0.398 e. The van der Waals surface area contributed by atoms with Crippen molar-refractivity contribution in [2.45, 2.75) is 19.6 Å². The second-order valence-electron chi connectivity index (χ2n) is 4.64. The lowest BCUT2D eigenvalue weighted by molar-refractivity contribution is 0.275. The largest absolute Gasteiger partial charge is 0.398 e. The Morgan fingerprint density at radius 3 is 2.94 bits per heavy atom. The molecule has 3 nitrogen and oxygen atoms in total. The van der Waals surface area contributed by atoms with Gasteiger partial charge in [0.15, 0.2) is 0 Å². The number of hydrogen-bond acceptors (Lipinski definition) is 3. The zero-order valence-electron chi connectivity index (χ0n) is 9.94. The van der Waals surface area contributed by atoms with Crippen LogP contribution >= 0.6 is 15.9 Å². The molecule has 1 aromatic carbocycles. The van der Waals surface area contributed by atoms with Crippen LogP contribution in [-0.4, -0.2) is 9.88 Å². The molecule has 0 saturated carbocycles. The van der Waals surface area contributed by atoms with Crippen molar-refractivity contribution in [2.75, 3.05) is 5.73 Å². The highest BCUT2D eigenvalue weighted by atomic mass is 79.9. The zero-order chi connectivity index (χ0) is 12.5. The standard InChI is InChI=1S/C14H14BrN3/c15-12-4-10(5-17-6-12)7-18-8-11-2-1-3-14(16)13(11)9-18/h1-6H,7-9,16H2. The van der Waals surface area contributed by atoms with Crippen molar-refractivity contribution in [1.29, 1.82) is 0 Å². The fourth-order valence-corrected chi connectivity index (χ4v) is 2.84. The number of anilines is 1. The van der Waals surface area contributed by atoms with Crippen molar-refractivity contribution in [3.63, 3.8) is 0 Å². The van der Waals surface area contributed by atoms with Gasteiger partial charge in [0.1, 0.15) is 0 Å². The van der Waals surface area contributed by atoms with Gasteiger partial charge in [-0.2, -0.15) is 0 Å². The first-order valence-corrected chi connectivity index (χ1v) is 6.70. The molecule has 0 fully saturated rings. The molecular weight excluding hydrogens is 290 g/mol. The van der Waals surface area contributed by atoms with E-state index in [4.69, 9.17) is 5.73 Å². The number of rotatable bonds is 2. The maximum absolute atomic E-state index is 6.01. The average Bonchev–Trinajstić information content (AvgIpc) is 2.73. The van der Waals surface area contributed by atoms with E-state index in [1.54, 1.807) is 6.20 Å². The van der Waals surface area contributed by atoms with Crippen LogP contribution in [0.1, 0.15) is 16.7 Å². The fourth-order valence-electron chi connectivity index (χ4n) is 2.43. The van der Waals surface area contributed by atoms with Crippen molar-refractivity contribution in [2.24, 2.45) is 0 Å². The molecule has 0 unspecified atom stereocenters. The van der Waals surface area contributed by atoms with E-state index in [-0.39, 0.29) is 0 Å². The van der Waals surface area contributed by atoms with E-state index >= 15 is 0 Å². The normalized spacial score (nSPS) is 14.7. The van der Waals surface area contributed by atoms with Crippen molar-refractivity contribution in [3.8, 4) is 0 Å². The summed E-state index contributed by atoms with van der Waals surface area (Å²) in [5.41, 5.74) is 10.8. The highest BCUT2D eigenvalue weighted by Gasteiger charge is 2.20. The Labute approximate surface area is 115 Å². The van der Waals surface area contributed by atoms with Gasteiger partial charge in [-0.25, -0.2) is 0 Å². The monoisotopic (exact) mass is 303 g/mol. The molecule has 3 rings (SSSR count). The van der Waals surface area contributed by atoms with Gasteiger partial charge in [0.25, 0.3) is 0 Å². The molecule has 0 radical (unpaired) electrons. The van der Waals surface area contributed by atoms with Crippen LogP contribution in [0.15, 0.2) is 41.1 Å². The van der Waals surface area contributed by atoms with E-state index in [0.29, 0.717) is 0 Å². The molecule has 2 heterocycles. The molecule has 1 aromatic heterocycles. The lowest BCUT2D eigenvalue weighted by Crippen LogP contribution is -2.15. The van der Waals surface area contributed by atoms with E-state index < -0.39 is 0 Å². The van der Waals surface area contributed by atoms with E-state index in [1.165, 1.54) is 16.7 Å². The molecule has 18 heavy (non-hydrogen) atoms. The van der Waals surface area contributed by atoms with Gasteiger partial charge in [-0.05, 0) is 44.8 Å². The van der Waals surface area contributed by atoms with Gasteiger partial charge in [0, 0.05) is 42.2 Å². The maximum atomic E-state index is 6.01. The summed E-state index contributed by atoms with van der Waals surface area (Å²) in [5, 5.41) is 0. The van der Waals surface area contributed by atoms with Gasteiger partial charge >= 0.3 is 0 Å². The van der Waals surface area contributed by atoms with Crippen LogP contribution in [-0.2, 0) is 19.6 Å². The second kappa shape index (κ2) is 4.71. The van der Waals surface area contributed by atoms with Crippen molar-refractivity contribution < 1.29 is 0 Å². The molecule has 0 amide bonds. The minimum atomic E-state index is 0.903. The Kier molecular flexibility index (Phi) is 3.06. The molecule has 2 aromatic rings. The first-order valence-electron chi connectivity index (χ1n) is 5.90. The first kappa shape index (κ1) is 11.7. The Balaban J connectivity index is 1.77. The van der Waals surface area contributed by atoms with E-state index in [2.05, 4.69) is 37.9 Å². The summed E-state index contributed by atoms with van der Waals surface area (Å²) in [6.07, 6.45) is 3.72. The molecule has 92 valence electrons. The van der Waals surface area contributed by atoms with Crippen molar-refractivity contribution >= 4 is 21.6 Å². The predicted molar refractivity (Wildman–Crippen MR) is 75.7 cm³/mol. The SMILES string of the molecule is Nc1cccc2c1CN(Cc1cncc(Br)c1)C2. The molecule has 0 atom stereocenters. The number of fused-ring (bicyclic) bond motifs is 1. The predicted octanol–water partition coefficient (Wildman–Crippen LogP) is 2.94. The molecule has 4 heteroatoms. The van der Waals surface area contributed by atoms with Crippen LogP contribution in [0.4, 0.5) is 5.69 Å². The third kappa shape index (κ3) is 2.26. The summed E-state index contributed by atoms with van der Waals surface area (Å²) >= 11 is 3.45. The van der Waals surface area contributed by atoms with Gasteiger partial charge in [0.05, 0.1) is 0 Å². The van der Waals surface area contributed by atoms with Gasteiger partial charge in [0.2, 0.25) is 0 Å². The number of nitrogens with zero attached hydrogens (tertiary/aromatic N) is 2. The van der Waals surface area contributed by atoms with Crippen LogP contribution in [0.5, 0.6) is 0 Å². The van der Waals surface area contributed by atoms with Crippen LogP contribution in [0.2, 0.25) is 0 Å². The molecule has 0 aliphatic carbocycles. The molecule has 0 spiro atoms. The van der Waals surface area contributed by atoms with E-state index in [9.17, 15) is 0 Å². The smallest absolute Gasteiger partial charge is 0.0410 e. The molecule has 0 bridgehead atoms. The highest BCUT2D eigenvalue weighted by Crippen LogP contribution is 2.28. The van der Waals surface area contributed by atoms with Crippen LogP contribution < -0.4 is 5.73 Å². The third-order valence-corrected chi connectivity index (χ3v) is 3.69. The Hall–Kier alpha value is -1.39. The lowest BCUT2D eigenvalue weighted by atomic mass is 10.1. The molecule has 2 N–H and O–H groups in total. The summed E-state index contributed by atoms with van der Waals surface area (Å²) in [6, 6.07) is 8.27. The van der Waals surface area contributed by atoms with Gasteiger partial charge in [-0.1, -0.05) is 12.1 Å². The van der Waals surface area contributed by atoms with Crippen molar-refractivity contribution in [1.82, 2.24) is 9.88 Å². The Morgan fingerprint density at radius 1 is 1.28 bits per heavy atom. The zero-order valence-corrected chi connectivity index (χ0v) is 11.5. The van der Waals surface area contributed by atoms with Gasteiger partial charge in [-0.3, -0.25) is 9.88 Å². The second-order valence-corrected chi connectivity index (χ2v) is 5.56. The minimum absolute atomic E-state index is 0.903. The highest BCUT2D eigenvalue weighted by molar-refractivity contribution is 9.10. The molecule has 1 aliphatic heterocycles. The average molecular weight is 304 g/mol. The van der Waals surface area contributed by atoms with Gasteiger partial charge in [-0.15, -0.1) is 0 Å². The lowest BCUT2D eigenvalue weighted by Gasteiger charge is -2.14. The van der Waals surface area contributed by atoms with Gasteiger partial charge < -0.3 is 5.73 Å². The van der Waals surface area contributed by atoms with Crippen LogP contribution in [0, 0.1) is 0 Å². The number of halogens is 1. The molecule has 1 aliphatic rings. The summed E-state index contributed by atoms with van der Waals surface area (Å²) in [6.45, 7) is 2.79. The number of benzene rings is 1. The Morgan fingerprint density at radius 2 is 2.17 bits per heavy atom. The van der Waals surface area contributed by atoms with Crippen LogP contribution in [0.25, 0.3) is 0 Å². The fraction of sp³-hybridized carbons (Fsp3) is 0.214. The topological polar surface area (TPSA) is 42.1 Å². The van der Waals surface area contributed by atoms with E-state index in [0.717, 1.165) is 29.8 Å². The third-order valence-electron chi connectivity index (χ3n) is 3.25. The number of pyridine rings is 1. The summed E-state index contributed by atoms with van der Waals surface area (Å²) in [5.74, 6) is 0. The maximum Gasteiger partial charge on any atom is 0.0410 e. The number of nitrogens with two attached hydrogens (primary N) is 1. The summed E-state index contributed by atoms with van der Waals surface area (Å²) < 4.78 is 1.02.